The van der Waals surface area contributed by atoms with Crippen molar-refractivity contribution in [1.82, 2.24) is 0 Å². The maximum absolute atomic E-state index is 5.46. The molecule has 0 N–H and O–H groups in total. The van der Waals surface area contributed by atoms with E-state index in [1.165, 1.54) is 66.7 Å². The van der Waals surface area contributed by atoms with Gasteiger partial charge in [0.25, 0.3) is 0 Å². The fourth-order valence-corrected chi connectivity index (χ4v) is 5.32. The molecule has 1 aromatic carbocycles. The van der Waals surface area contributed by atoms with Crippen molar-refractivity contribution in [3.8, 4) is 0 Å². The van der Waals surface area contributed by atoms with Crippen molar-refractivity contribution in [2.45, 2.75) is 80.5 Å². The number of benzene rings is 1. The largest absolute Gasteiger partial charge is 0.277 e. The van der Waals surface area contributed by atoms with Crippen LogP contribution in [0.5, 0.6) is 0 Å². The van der Waals surface area contributed by atoms with Gasteiger partial charge in [-0.1, -0.05) is 38.8 Å². The Morgan fingerprint density at radius 2 is 2.12 bits per heavy atom. The first-order valence-corrected chi connectivity index (χ1v) is 10.9. The highest BCUT2D eigenvalue weighted by molar-refractivity contribution is 7.99. The molecule has 1 aliphatic heterocycles. The fourth-order valence-electron chi connectivity index (χ4n) is 3.66. The number of unbranched alkanes of at least 4 members (excludes halogenated alkanes) is 1. The van der Waals surface area contributed by atoms with Gasteiger partial charge in [-0.2, -0.15) is 0 Å². The summed E-state index contributed by atoms with van der Waals surface area (Å²) in [7, 11) is 0. The zero-order valence-electron chi connectivity index (χ0n) is 15.0. The summed E-state index contributed by atoms with van der Waals surface area (Å²) >= 11 is 6.55. The number of rotatable bonds is 5. The van der Waals surface area contributed by atoms with Crippen LogP contribution in [0, 0.1) is 0 Å². The number of fused-ring (bicyclic) bond motifs is 1. The third-order valence-corrected chi connectivity index (χ3v) is 6.92. The molecule has 0 amide bonds. The molecule has 24 heavy (non-hydrogen) atoms. The third kappa shape index (κ3) is 3.94. The SMILES string of the molecule is CCCCC1(CC)CSc2cc(S)ccc2C(C2=CCCCC2)=N1. The highest BCUT2D eigenvalue weighted by atomic mass is 32.2. The number of hydrogen-bond donors (Lipinski definition) is 1. The number of allylic oxidation sites excluding steroid dienone is 2. The van der Waals surface area contributed by atoms with E-state index in [0.717, 1.165) is 17.1 Å². The lowest BCUT2D eigenvalue weighted by Crippen LogP contribution is -2.30. The molecule has 0 bridgehead atoms. The van der Waals surface area contributed by atoms with E-state index in [9.17, 15) is 0 Å². The van der Waals surface area contributed by atoms with Gasteiger partial charge in [0.05, 0.1) is 11.3 Å². The normalized spacial score (nSPS) is 24.0. The van der Waals surface area contributed by atoms with Crippen molar-refractivity contribution < 1.29 is 0 Å². The van der Waals surface area contributed by atoms with Gasteiger partial charge in [-0.25, -0.2) is 0 Å². The molecule has 2 aliphatic rings. The van der Waals surface area contributed by atoms with Crippen molar-refractivity contribution in [2.24, 2.45) is 4.99 Å². The number of nitrogens with zero attached hydrogens (tertiary/aromatic N) is 1. The van der Waals surface area contributed by atoms with E-state index in [0.29, 0.717) is 0 Å². The van der Waals surface area contributed by atoms with Gasteiger partial charge in [0.2, 0.25) is 0 Å². The van der Waals surface area contributed by atoms with E-state index in [1.54, 1.807) is 0 Å². The van der Waals surface area contributed by atoms with E-state index in [-0.39, 0.29) is 5.54 Å². The summed E-state index contributed by atoms with van der Waals surface area (Å²) in [6, 6.07) is 6.59. The van der Waals surface area contributed by atoms with Gasteiger partial charge in [0.15, 0.2) is 0 Å². The van der Waals surface area contributed by atoms with Crippen LogP contribution in [0.15, 0.2) is 44.6 Å². The Balaban J connectivity index is 2.08. The zero-order valence-corrected chi connectivity index (χ0v) is 16.7. The van der Waals surface area contributed by atoms with Crippen LogP contribution in [0.1, 0.15) is 70.8 Å². The summed E-state index contributed by atoms with van der Waals surface area (Å²) in [5.74, 6) is 1.09. The highest BCUT2D eigenvalue weighted by Gasteiger charge is 2.32. The average molecular weight is 360 g/mol. The summed E-state index contributed by atoms with van der Waals surface area (Å²) in [5.41, 5.74) is 4.18. The molecule has 1 aliphatic carbocycles. The molecule has 3 heteroatoms. The Bertz CT molecular complexity index is 647. The van der Waals surface area contributed by atoms with Gasteiger partial charge < -0.3 is 0 Å². The highest BCUT2D eigenvalue weighted by Crippen LogP contribution is 2.40. The van der Waals surface area contributed by atoms with Crippen molar-refractivity contribution >= 4 is 30.1 Å². The maximum atomic E-state index is 5.46. The monoisotopic (exact) mass is 359 g/mol. The fraction of sp³-hybridized carbons (Fsp3) is 0.571. The molecule has 0 radical (unpaired) electrons. The van der Waals surface area contributed by atoms with Crippen molar-refractivity contribution in [3.05, 3.63) is 35.4 Å². The molecule has 3 rings (SSSR count). The minimum absolute atomic E-state index is 0.0874. The van der Waals surface area contributed by atoms with E-state index in [2.05, 4.69) is 50.8 Å². The molecule has 0 spiro atoms. The predicted molar refractivity (Wildman–Crippen MR) is 110 cm³/mol. The Kier molecular flexibility index (Phi) is 6.15. The van der Waals surface area contributed by atoms with E-state index >= 15 is 0 Å². The van der Waals surface area contributed by atoms with Crippen LogP contribution in [0.25, 0.3) is 0 Å². The van der Waals surface area contributed by atoms with Crippen molar-refractivity contribution in [3.63, 3.8) is 0 Å². The van der Waals surface area contributed by atoms with Crippen LogP contribution >= 0.6 is 24.4 Å². The molecule has 0 saturated carbocycles. The first-order chi connectivity index (χ1) is 11.7. The standard InChI is InChI=1S/C21H29NS2/c1-3-5-13-21(4-2)15-24-19-14-17(23)11-12-18(19)20(22-21)16-9-7-6-8-10-16/h9,11-12,14,23H,3-8,10,13,15H2,1-2H3. The predicted octanol–water partition coefficient (Wildman–Crippen LogP) is 6.71. The average Bonchev–Trinajstić information content (AvgIpc) is 2.78. The van der Waals surface area contributed by atoms with Crippen molar-refractivity contribution in [2.75, 3.05) is 5.75 Å². The smallest absolute Gasteiger partial charge is 0.0706 e. The summed E-state index contributed by atoms with van der Waals surface area (Å²) in [6.45, 7) is 4.59. The molecule has 1 heterocycles. The van der Waals surface area contributed by atoms with Crippen LogP contribution in [-0.4, -0.2) is 17.0 Å². The number of aliphatic imine (C=N–C) groups is 1. The van der Waals surface area contributed by atoms with Gasteiger partial charge in [0.1, 0.15) is 0 Å². The second kappa shape index (κ2) is 8.14. The van der Waals surface area contributed by atoms with Crippen LogP contribution in [0.3, 0.4) is 0 Å². The van der Waals surface area contributed by atoms with Crippen LogP contribution in [-0.2, 0) is 0 Å². The molecule has 130 valence electrons. The Morgan fingerprint density at radius 1 is 1.25 bits per heavy atom. The number of thioether (sulfide) groups is 1. The van der Waals surface area contributed by atoms with Crippen LogP contribution in [0.4, 0.5) is 0 Å². The van der Waals surface area contributed by atoms with Gasteiger partial charge in [-0.15, -0.1) is 24.4 Å². The van der Waals surface area contributed by atoms with Gasteiger partial charge in [0, 0.05) is 21.1 Å². The van der Waals surface area contributed by atoms with E-state index in [4.69, 9.17) is 4.99 Å². The van der Waals surface area contributed by atoms with Crippen LogP contribution in [0.2, 0.25) is 0 Å². The molecule has 0 aromatic heterocycles. The minimum atomic E-state index is 0.0874. The van der Waals surface area contributed by atoms with E-state index in [1.807, 2.05) is 11.8 Å². The Hall–Kier alpha value is -0.670. The van der Waals surface area contributed by atoms with Gasteiger partial charge in [-0.05, 0) is 56.2 Å². The quantitative estimate of drug-likeness (QED) is 0.576. The lowest BCUT2D eigenvalue weighted by molar-refractivity contribution is 0.415. The molecule has 1 nitrogen and oxygen atoms in total. The zero-order chi connectivity index (χ0) is 17.0. The molecule has 1 aromatic rings. The molecular formula is C21H29NS2. The minimum Gasteiger partial charge on any atom is -0.277 e. The number of thiol groups is 1. The second-order valence-electron chi connectivity index (χ2n) is 7.09. The summed E-state index contributed by atoms with van der Waals surface area (Å²) < 4.78 is 0. The molecular weight excluding hydrogens is 330 g/mol. The lowest BCUT2D eigenvalue weighted by atomic mass is 9.88. The van der Waals surface area contributed by atoms with Crippen molar-refractivity contribution in [1.29, 1.82) is 0 Å². The summed E-state index contributed by atoms with van der Waals surface area (Å²) in [5, 5.41) is 0. The maximum Gasteiger partial charge on any atom is 0.0706 e. The van der Waals surface area contributed by atoms with E-state index < -0.39 is 0 Å². The summed E-state index contributed by atoms with van der Waals surface area (Å²) in [4.78, 5) is 7.87. The first-order valence-electron chi connectivity index (χ1n) is 9.43. The van der Waals surface area contributed by atoms with Crippen LogP contribution < -0.4 is 0 Å². The Morgan fingerprint density at radius 3 is 2.83 bits per heavy atom. The van der Waals surface area contributed by atoms with Gasteiger partial charge >= 0.3 is 0 Å². The topological polar surface area (TPSA) is 12.4 Å². The Labute approximate surface area is 156 Å². The lowest BCUT2D eigenvalue weighted by Gasteiger charge is -2.28. The second-order valence-corrected chi connectivity index (χ2v) is 8.62. The molecule has 0 fully saturated rings. The molecule has 0 saturated heterocycles. The first kappa shape index (κ1) is 18.1. The molecule has 1 atom stereocenters. The summed E-state index contributed by atoms with van der Waals surface area (Å²) in [6.07, 6.45) is 12.3. The number of hydrogen-bond acceptors (Lipinski definition) is 3. The van der Waals surface area contributed by atoms with Gasteiger partial charge in [-0.3, -0.25) is 4.99 Å². The molecule has 1 unspecified atom stereocenters. The third-order valence-electron chi connectivity index (χ3n) is 5.31.